The van der Waals surface area contributed by atoms with Crippen molar-refractivity contribution in [2.24, 2.45) is 0 Å². The molecule has 0 aliphatic carbocycles. The van der Waals surface area contributed by atoms with E-state index in [1.54, 1.807) is 35.2 Å². The van der Waals surface area contributed by atoms with Gasteiger partial charge in [0.05, 0.1) is 22.7 Å². The summed E-state index contributed by atoms with van der Waals surface area (Å²) < 4.78 is 11.3. The highest BCUT2D eigenvalue weighted by atomic mass is 79.9. The van der Waals surface area contributed by atoms with Crippen molar-refractivity contribution in [2.75, 3.05) is 38.2 Å². The predicted octanol–water partition coefficient (Wildman–Crippen LogP) is 4.25. The molecule has 1 heterocycles. The van der Waals surface area contributed by atoms with Gasteiger partial charge in [-0.3, -0.25) is 9.59 Å². The first-order valence-corrected chi connectivity index (χ1v) is 10.0. The fourth-order valence-corrected chi connectivity index (χ4v) is 4.05. The zero-order valence-corrected chi connectivity index (χ0v) is 17.8. The van der Waals surface area contributed by atoms with Crippen molar-refractivity contribution in [1.82, 2.24) is 4.90 Å². The third-order valence-corrected chi connectivity index (χ3v) is 5.09. The van der Waals surface area contributed by atoms with Gasteiger partial charge in [0, 0.05) is 29.4 Å². The highest BCUT2D eigenvalue weighted by Gasteiger charge is 2.19. The molecule has 9 heteroatoms. The van der Waals surface area contributed by atoms with Gasteiger partial charge < -0.3 is 19.7 Å². The molecule has 3 rings (SSSR count). The van der Waals surface area contributed by atoms with Gasteiger partial charge in [0.15, 0.2) is 12.4 Å². The summed E-state index contributed by atoms with van der Waals surface area (Å²) in [6, 6.07) is 9.94. The molecule has 0 radical (unpaired) electrons. The lowest BCUT2D eigenvalue weighted by Gasteiger charge is -2.27. The van der Waals surface area contributed by atoms with Gasteiger partial charge in [0.2, 0.25) is 0 Å². The molecule has 1 aliphatic rings. The lowest BCUT2D eigenvalue weighted by atomic mass is 10.1. The summed E-state index contributed by atoms with van der Waals surface area (Å²) in [6.07, 6.45) is 0. The number of ether oxygens (including phenoxy) is 2. The standard InChI is InChI=1S/C19H17BrCl2N2O4/c20-15-9-13(21)10-16(22)18(15)28-11-17(25)23-14-3-1-2-12(8-14)19(26)24-4-6-27-7-5-24/h1-3,8-10H,4-7,11H2,(H,23,25). The third-order valence-electron chi connectivity index (χ3n) is 4.00. The molecule has 2 aromatic rings. The van der Waals surface area contributed by atoms with Gasteiger partial charge in [-0.15, -0.1) is 0 Å². The molecule has 148 valence electrons. The molecule has 1 fully saturated rings. The van der Waals surface area contributed by atoms with Crippen LogP contribution in [0.4, 0.5) is 5.69 Å². The van der Waals surface area contributed by atoms with Crippen molar-refractivity contribution >= 4 is 56.6 Å². The molecule has 0 bridgehead atoms. The molecule has 6 nitrogen and oxygen atoms in total. The van der Waals surface area contributed by atoms with Crippen molar-refractivity contribution in [3.63, 3.8) is 0 Å². The van der Waals surface area contributed by atoms with Gasteiger partial charge in [-0.05, 0) is 46.3 Å². The topological polar surface area (TPSA) is 67.9 Å². The largest absolute Gasteiger partial charge is 0.481 e. The van der Waals surface area contributed by atoms with E-state index in [2.05, 4.69) is 21.2 Å². The second kappa shape index (κ2) is 9.60. The quantitative estimate of drug-likeness (QED) is 0.684. The van der Waals surface area contributed by atoms with E-state index >= 15 is 0 Å². The highest BCUT2D eigenvalue weighted by molar-refractivity contribution is 9.10. The highest BCUT2D eigenvalue weighted by Crippen LogP contribution is 2.36. The van der Waals surface area contributed by atoms with Crippen molar-refractivity contribution in [3.05, 3.63) is 56.5 Å². The lowest BCUT2D eigenvalue weighted by Crippen LogP contribution is -2.40. The maximum Gasteiger partial charge on any atom is 0.262 e. The van der Waals surface area contributed by atoms with Crippen molar-refractivity contribution < 1.29 is 19.1 Å². The molecule has 0 spiro atoms. The smallest absolute Gasteiger partial charge is 0.262 e. The molecule has 28 heavy (non-hydrogen) atoms. The fourth-order valence-electron chi connectivity index (χ4n) is 2.68. The number of nitrogens with one attached hydrogen (secondary N) is 1. The van der Waals surface area contributed by atoms with Crippen LogP contribution in [0.2, 0.25) is 10.0 Å². The molecule has 0 aromatic heterocycles. The monoisotopic (exact) mass is 486 g/mol. The van der Waals surface area contributed by atoms with E-state index in [9.17, 15) is 9.59 Å². The molecule has 1 N–H and O–H groups in total. The van der Waals surface area contributed by atoms with Gasteiger partial charge >= 0.3 is 0 Å². The second-order valence-electron chi connectivity index (χ2n) is 6.02. The number of amides is 2. The van der Waals surface area contributed by atoms with Gasteiger partial charge in [-0.1, -0.05) is 29.3 Å². The number of halogens is 3. The maximum absolute atomic E-state index is 12.6. The average Bonchev–Trinajstić information content (AvgIpc) is 2.67. The minimum Gasteiger partial charge on any atom is -0.481 e. The maximum atomic E-state index is 12.6. The number of benzene rings is 2. The normalized spacial score (nSPS) is 13.9. The molecule has 0 unspecified atom stereocenters. The Balaban J connectivity index is 1.61. The van der Waals surface area contributed by atoms with E-state index in [4.69, 9.17) is 32.7 Å². The van der Waals surface area contributed by atoms with Crippen LogP contribution in [0, 0.1) is 0 Å². The Labute approximate surface area is 180 Å². The number of nitrogens with zero attached hydrogens (tertiary/aromatic N) is 1. The summed E-state index contributed by atoms with van der Waals surface area (Å²) in [5, 5.41) is 3.47. The minimum atomic E-state index is -0.381. The Morgan fingerprint density at radius 1 is 1.18 bits per heavy atom. The SMILES string of the molecule is O=C(COc1c(Cl)cc(Cl)cc1Br)Nc1cccc(C(=O)N2CCOCC2)c1. The average molecular weight is 488 g/mol. The Bertz CT molecular complexity index is 865. The van der Waals surface area contributed by atoms with Crippen LogP contribution in [0.1, 0.15) is 10.4 Å². The number of carbonyl (C=O) groups excluding carboxylic acids is 2. The number of anilines is 1. The predicted molar refractivity (Wildman–Crippen MR) is 111 cm³/mol. The molecule has 1 aliphatic heterocycles. The molecule has 0 saturated carbocycles. The summed E-state index contributed by atoms with van der Waals surface area (Å²) >= 11 is 15.3. The van der Waals surface area contributed by atoms with Gasteiger partial charge in [-0.2, -0.15) is 0 Å². The second-order valence-corrected chi connectivity index (χ2v) is 7.72. The van der Waals surface area contributed by atoms with E-state index in [-0.39, 0.29) is 18.4 Å². The molecular weight excluding hydrogens is 471 g/mol. The fraction of sp³-hybridized carbons (Fsp3) is 0.263. The van der Waals surface area contributed by atoms with Gasteiger partial charge in [0.1, 0.15) is 0 Å². The van der Waals surface area contributed by atoms with E-state index in [0.29, 0.717) is 57.8 Å². The molecule has 2 amide bonds. The van der Waals surface area contributed by atoms with E-state index in [1.807, 2.05) is 0 Å². The first-order valence-electron chi connectivity index (χ1n) is 8.48. The van der Waals surface area contributed by atoms with Crippen LogP contribution in [0.15, 0.2) is 40.9 Å². The third kappa shape index (κ3) is 5.38. The number of hydrogen-bond donors (Lipinski definition) is 1. The van der Waals surface area contributed by atoms with E-state index < -0.39 is 0 Å². The summed E-state index contributed by atoms with van der Waals surface area (Å²) in [5.41, 5.74) is 1.01. The molecule has 0 atom stereocenters. The van der Waals surface area contributed by atoms with Crippen LogP contribution in [0.5, 0.6) is 5.75 Å². The van der Waals surface area contributed by atoms with Crippen LogP contribution in [-0.2, 0) is 9.53 Å². The summed E-state index contributed by atoms with van der Waals surface area (Å²) in [6.45, 7) is 1.92. The van der Waals surface area contributed by atoms with Crippen molar-refractivity contribution in [2.45, 2.75) is 0 Å². The number of hydrogen-bond acceptors (Lipinski definition) is 4. The van der Waals surface area contributed by atoms with Gasteiger partial charge in [0.25, 0.3) is 11.8 Å². The Kier molecular flexibility index (Phi) is 7.18. The first kappa shape index (κ1) is 20.9. The van der Waals surface area contributed by atoms with Crippen LogP contribution in [0.3, 0.4) is 0 Å². The zero-order valence-electron chi connectivity index (χ0n) is 14.7. The summed E-state index contributed by atoms with van der Waals surface area (Å²) in [7, 11) is 0. The molecule has 1 saturated heterocycles. The lowest BCUT2D eigenvalue weighted by molar-refractivity contribution is -0.118. The Morgan fingerprint density at radius 2 is 1.93 bits per heavy atom. The zero-order chi connectivity index (χ0) is 20.1. The summed E-state index contributed by atoms with van der Waals surface area (Å²) in [4.78, 5) is 26.5. The van der Waals surface area contributed by atoms with E-state index in [1.165, 1.54) is 6.07 Å². The van der Waals surface area contributed by atoms with Crippen LogP contribution in [0.25, 0.3) is 0 Å². The van der Waals surface area contributed by atoms with Crippen molar-refractivity contribution in [1.29, 1.82) is 0 Å². The Hall–Kier alpha value is -1.80. The van der Waals surface area contributed by atoms with Crippen LogP contribution >= 0.6 is 39.1 Å². The van der Waals surface area contributed by atoms with Crippen molar-refractivity contribution in [3.8, 4) is 5.75 Å². The van der Waals surface area contributed by atoms with Crippen LogP contribution < -0.4 is 10.1 Å². The number of rotatable bonds is 5. The minimum absolute atomic E-state index is 0.0903. The van der Waals surface area contributed by atoms with E-state index in [0.717, 1.165) is 0 Å². The number of morpholine rings is 1. The molecular formula is C19H17BrCl2N2O4. The Morgan fingerprint density at radius 3 is 2.64 bits per heavy atom. The first-order chi connectivity index (χ1) is 13.4. The number of carbonyl (C=O) groups is 2. The summed E-state index contributed by atoms with van der Waals surface area (Å²) in [5.74, 6) is -0.140. The van der Waals surface area contributed by atoms with Crippen LogP contribution in [-0.4, -0.2) is 49.6 Å². The van der Waals surface area contributed by atoms with Gasteiger partial charge in [-0.25, -0.2) is 0 Å². The molecule has 2 aromatic carbocycles.